The van der Waals surface area contributed by atoms with Crippen LogP contribution in [0.1, 0.15) is 0 Å². The van der Waals surface area contributed by atoms with Crippen molar-refractivity contribution in [2.75, 3.05) is 0 Å². The Balaban J connectivity index is 3.08. The Hall–Kier alpha value is -0.710. The van der Waals surface area contributed by atoms with Crippen LogP contribution in [-0.4, -0.2) is 24.8 Å². The van der Waals surface area contributed by atoms with Crippen LogP contribution in [0.25, 0.3) is 0 Å². The molecule has 0 fully saturated rings. The second-order valence-corrected chi connectivity index (χ2v) is 3.34. The molecule has 1 rings (SSSR count). The molecule has 0 amide bonds. The summed E-state index contributed by atoms with van der Waals surface area (Å²) in [5, 5.41) is 6.59. The van der Waals surface area contributed by atoms with Crippen LogP contribution >= 0.6 is 7.60 Å². The maximum Gasteiger partial charge on any atom is 0.377 e. The van der Waals surface area contributed by atoms with Gasteiger partial charge in [0.25, 0.3) is 0 Å². The average Bonchev–Trinajstić information content (AvgIpc) is 2.11. The minimum Gasteiger partial charge on any atom is -0.320 e. The second-order valence-electron chi connectivity index (χ2n) is 1.79. The van der Waals surface area contributed by atoms with Gasteiger partial charge >= 0.3 is 7.60 Å². The lowest BCUT2D eigenvalue weighted by molar-refractivity contribution is 0.386. The van der Waals surface area contributed by atoms with Crippen LogP contribution in [0.3, 0.4) is 0 Å². The van der Waals surface area contributed by atoms with Crippen LogP contribution in [0.4, 0.5) is 0 Å². The highest BCUT2D eigenvalue weighted by Crippen LogP contribution is 2.31. The summed E-state index contributed by atoms with van der Waals surface area (Å²) in [7, 11) is -2.66. The third-order valence-electron chi connectivity index (χ3n) is 0.889. The van der Waals surface area contributed by atoms with E-state index in [-0.39, 0.29) is 5.44 Å². The molecule has 0 spiro atoms. The fraction of sp³-hybridized carbons (Fsp3) is 0.333. The van der Waals surface area contributed by atoms with Crippen molar-refractivity contribution < 1.29 is 14.4 Å². The van der Waals surface area contributed by atoms with E-state index in [1.165, 1.54) is 17.9 Å². The Bertz CT molecular complexity index is 276. The molecule has 0 saturated carbocycles. The molecule has 0 bridgehead atoms. The van der Waals surface area contributed by atoms with E-state index in [4.69, 9.17) is 9.79 Å². The standard InChI is InChI=1S/C3H6N3O3P/c1-6-2-3(4-5-6)10(7,8)9/h2H,1H3,(H2,7,8,9). The maximum atomic E-state index is 10.4. The largest absolute Gasteiger partial charge is 0.377 e. The predicted octanol–water partition coefficient (Wildman–Crippen LogP) is -1.38. The summed E-state index contributed by atoms with van der Waals surface area (Å²) in [5.41, 5.74) is -0.296. The van der Waals surface area contributed by atoms with Crippen molar-refractivity contribution in [2.45, 2.75) is 0 Å². The summed E-state index contributed by atoms with van der Waals surface area (Å²) in [6.45, 7) is 0. The first kappa shape index (κ1) is 7.40. The molecule has 0 aliphatic heterocycles. The first-order valence-electron chi connectivity index (χ1n) is 2.42. The molecule has 10 heavy (non-hydrogen) atoms. The summed E-state index contributed by atoms with van der Waals surface area (Å²) >= 11 is 0. The molecule has 0 atom stereocenters. The Kier molecular flexibility index (Phi) is 1.60. The van der Waals surface area contributed by atoms with Gasteiger partial charge in [0.05, 0.1) is 6.20 Å². The molecule has 1 aromatic rings. The number of hydrogen-bond acceptors (Lipinski definition) is 3. The molecule has 0 aromatic carbocycles. The number of nitrogens with zero attached hydrogens (tertiary/aromatic N) is 3. The lowest BCUT2D eigenvalue weighted by Gasteiger charge is -1.93. The first-order valence-corrected chi connectivity index (χ1v) is 4.04. The lowest BCUT2D eigenvalue weighted by Crippen LogP contribution is -2.03. The monoisotopic (exact) mass is 163 g/mol. The summed E-state index contributed by atoms with van der Waals surface area (Å²) in [6, 6.07) is 0. The van der Waals surface area contributed by atoms with E-state index in [1.807, 2.05) is 0 Å². The van der Waals surface area contributed by atoms with Crippen molar-refractivity contribution >= 4 is 13.0 Å². The van der Waals surface area contributed by atoms with Gasteiger partial charge in [-0.2, -0.15) is 0 Å². The van der Waals surface area contributed by atoms with Crippen molar-refractivity contribution in [1.29, 1.82) is 0 Å². The van der Waals surface area contributed by atoms with Crippen molar-refractivity contribution in [3.63, 3.8) is 0 Å². The molecular weight excluding hydrogens is 157 g/mol. The molecule has 2 N–H and O–H groups in total. The van der Waals surface area contributed by atoms with Gasteiger partial charge in [0.1, 0.15) is 0 Å². The van der Waals surface area contributed by atoms with Crippen LogP contribution in [0.2, 0.25) is 0 Å². The van der Waals surface area contributed by atoms with E-state index in [0.29, 0.717) is 0 Å². The zero-order chi connectivity index (χ0) is 7.78. The molecule has 0 aliphatic rings. The van der Waals surface area contributed by atoms with E-state index >= 15 is 0 Å². The van der Waals surface area contributed by atoms with Crippen LogP contribution in [-0.2, 0) is 11.6 Å². The lowest BCUT2D eigenvalue weighted by atomic mass is 10.9. The number of hydrogen-bond donors (Lipinski definition) is 2. The molecule has 0 saturated heterocycles. The normalized spacial score (nSPS) is 11.9. The summed E-state index contributed by atoms with van der Waals surface area (Å²) in [4.78, 5) is 17.0. The average molecular weight is 163 g/mol. The van der Waals surface area contributed by atoms with Gasteiger partial charge in [0.15, 0.2) is 5.44 Å². The van der Waals surface area contributed by atoms with Gasteiger partial charge in [-0.05, 0) is 0 Å². The number of rotatable bonds is 1. The third-order valence-corrected chi connectivity index (χ3v) is 1.69. The molecule has 0 aliphatic carbocycles. The van der Waals surface area contributed by atoms with Gasteiger partial charge in [-0.3, -0.25) is 9.25 Å². The molecule has 1 aromatic heterocycles. The summed E-state index contributed by atoms with van der Waals surface area (Å²) in [6.07, 6.45) is 1.18. The van der Waals surface area contributed by atoms with Gasteiger partial charge in [-0.15, -0.1) is 5.10 Å². The Labute approximate surface area is 56.6 Å². The highest BCUT2D eigenvalue weighted by Gasteiger charge is 2.20. The van der Waals surface area contributed by atoms with Crippen LogP contribution in [0.5, 0.6) is 0 Å². The quantitative estimate of drug-likeness (QED) is 0.498. The summed E-state index contributed by atoms with van der Waals surface area (Å²) < 4.78 is 11.7. The van der Waals surface area contributed by atoms with Gasteiger partial charge in [-0.25, -0.2) is 0 Å². The molecule has 1 heterocycles. The van der Waals surface area contributed by atoms with Crippen LogP contribution < -0.4 is 5.44 Å². The highest BCUT2D eigenvalue weighted by molar-refractivity contribution is 7.59. The predicted molar refractivity (Wildman–Crippen MR) is 32.7 cm³/mol. The zero-order valence-corrected chi connectivity index (χ0v) is 6.06. The Morgan fingerprint density at radius 1 is 1.70 bits per heavy atom. The van der Waals surface area contributed by atoms with Crippen molar-refractivity contribution in [3.8, 4) is 0 Å². The molecule has 56 valence electrons. The fourth-order valence-corrected chi connectivity index (χ4v) is 0.943. The van der Waals surface area contributed by atoms with Crippen LogP contribution in [0.15, 0.2) is 6.20 Å². The van der Waals surface area contributed by atoms with Crippen molar-refractivity contribution in [1.82, 2.24) is 15.0 Å². The Morgan fingerprint density at radius 2 is 2.30 bits per heavy atom. The van der Waals surface area contributed by atoms with E-state index in [2.05, 4.69) is 10.3 Å². The first-order chi connectivity index (χ1) is 4.50. The molecule has 6 nitrogen and oxygen atoms in total. The van der Waals surface area contributed by atoms with Crippen LogP contribution in [0, 0.1) is 0 Å². The smallest absolute Gasteiger partial charge is 0.320 e. The van der Waals surface area contributed by atoms with Gasteiger partial charge < -0.3 is 9.79 Å². The fourth-order valence-electron chi connectivity index (χ4n) is 0.469. The third kappa shape index (κ3) is 1.41. The maximum absolute atomic E-state index is 10.4. The number of aromatic nitrogens is 3. The van der Waals surface area contributed by atoms with Gasteiger partial charge in [0.2, 0.25) is 0 Å². The van der Waals surface area contributed by atoms with Gasteiger partial charge in [-0.1, -0.05) is 5.21 Å². The molecule has 0 unspecified atom stereocenters. The zero-order valence-electron chi connectivity index (χ0n) is 5.17. The summed E-state index contributed by atoms with van der Waals surface area (Å²) in [5.74, 6) is 0. The molecular formula is C3H6N3O3P. The van der Waals surface area contributed by atoms with E-state index in [9.17, 15) is 4.57 Å². The highest BCUT2D eigenvalue weighted by atomic mass is 31.2. The van der Waals surface area contributed by atoms with Gasteiger partial charge in [0, 0.05) is 7.05 Å². The topological polar surface area (TPSA) is 88.2 Å². The van der Waals surface area contributed by atoms with Crippen molar-refractivity contribution in [2.24, 2.45) is 7.05 Å². The second kappa shape index (κ2) is 2.16. The Morgan fingerprint density at radius 3 is 2.50 bits per heavy atom. The van der Waals surface area contributed by atoms with E-state index in [1.54, 1.807) is 0 Å². The minimum absolute atomic E-state index is 0.296. The SMILES string of the molecule is Cn1cc(P(=O)(O)O)nn1. The molecule has 7 heteroatoms. The van der Waals surface area contributed by atoms with E-state index < -0.39 is 7.60 Å². The molecule has 0 radical (unpaired) electrons. The van der Waals surface area contributed by atoms with E-state index in [0.717, 1.165) is 0 Å². The van der Waals surface area contributed by atoms with Crippen molar-refractivity contribution in [3.05, 3.63) is 6.20 Å². The minimum atomic E-state index is -4.19. The number of aryl methyl sites for hydroxylation is 1.